The molecule has 3 aromatic rings. The predicted octanol–water partition coefficient (Wildman–Crippen LogP) is 4.95. The molecule has 1 aliphatic rings. The third kappa shape index (κ3) is 5.26. The van der Waals surface area contributed by atoms with Gasteiger partial charge in [-0.2, -0.15) is 0 Å². The van der Waals surface area contributed by atoms with Crippen LogP contribution in [0.2, 0.25) is 5.02 Å². The highest BCUT2D eigenvalue weighted by Gasteiger charge is 2.36. The number of sulfone groups is 1. The summed E-state index contributed by atoms with van der Waals surface area (Å²) in [5.74, 6) is -1.11. The van der Waals surface area contributed by atoms with Gasteiger partial charge in [0.1, 0.15) is 22.1 Å². The molecule has 164 valence electrons. The Morgan fingerprint density at radius 1 is 1.29 bits per heavy atom. The molecule has 2 aromatic carbocycles. The van der Waals surface area contributed by atoms with Gasteiger partial charge in [-0.25, -0.2) is 17.8 Å². The van der Waals surface area contributed by atoms with Gasteiger partial charge in [-0.15, -0.1) is 11.3 Å². The number of hydrogen-bond donors (Lipinski definition) is 0. The Kier molecular flexibility index (Phi) is 6.35. The van der Waals surface area contributed by atoms with E-state index in [1.165, 1.54) is 22.4 Å². The molecule has 0 saturated carbocycles. The monoisotopic (exact) mass is 480 g/mol. The van der Waals surface area contributed by atoms with Gasteiger partial charge in [0.2, 0.25) is 0 Å². The van der Waals surface area contributed by atoms with Crippen LogP contribution in [0.15, 0.2) is 58.3 Å². The molecular formula is C22H22ClFN2O3S2. The average molecular weight is 481 g/mol. The molecule has 1 aliphatic heterocycles. The maximum atomic E-state index is 14.8. The second kappa shape index (κ2) is 8.86. The third-order valence-electron chi connectivity index (χ3n) is 5.26. The fourth-order valence-corrected chi connectivity index (χ4v) is 6.05. The molecule has 0 spiro atoms. The molecule has 0 bridgehead atoms. The van der Waals surface area contributed by atoms with E-state index < -0.39 is 26.2 Å². The van der Waals surface area contributed by atoms with Crippen LogP contribution in [0.4, 0.5) is 4.39 Å². The molecule has 1 aromatic heterocycles. The minimum Gasteiger partial charge on any atom is -0.485 e. The molecule has 9 heteroatoms. The number of nitrogens with zero attached hydrogens (tertiary/aromatic N) is 2. The summed E-state index contributed by atoms with van der Waals surface area (Å²) in [5, 5.41) is 1.69. The molecule has 1 atom stereocenters. The van der Waals surface area contributed by atoms with Crippen LogP contribution in [0, 0.1) is 5.82 Å². The lowest BCUT2D eigenvalue weighted by Crippen LogP contribution is -2.36. The van der Waals surface area contributed by atoms with E-state index in [2.05, 4.69) is 22.0 Å². The molecule has 0 amide bonds. The minimum absolute atomic E-state index is 0.0704. The second-order valence-electron chi connectivity index (χ2n) is 7.95. The molecule has 1 fully saturated rings. The van der Waals surface area contributed by atoms with Crippen LogP contribution in [-0.4, -0.2) is 37.0 Å². The van der Waals surface area contributed by atoms with Gasteiger partial charge in [0.25, 0.3) is 0 Å². The summed E-state index contributed by atoms with van der Waals surface area (Å²) in [6, 6.07) is 12.4. The third-order valence-corrected chi connectivity index (χ3v) is 7.85. The van der Waals surface area contributed by atoms with Crippen LogP contribution in [0.25, 0.3) is 0 Å². The minimum atomic E-state index is -3.92. The largest absolute Gasteiger partial charge is 0.485 e. The van der Waals surface area contributed by atoms with Crippen LogP contribution >= 0.6 is 22.9 Å². The Bertz CT molecular complexity index is 1160. The molecule has 0 unspecified atom stereocenters. The van der Waals surface area contributed by atoms with Gasteiger partial charge in [-0.1, -0.05) is 41.9 Å². The zero-order chi connectivity index (χ0) is 22.1. The maximum absolute atomic E-state index is 14.8. The molecule has 4 rings (SSSR count). The van der Waals surface area contributed by atoms with Crippen LogP contribution in [0.5, 0.6) is 5.75 Å². The quantitative estimate of drug-likeness (QED) is 0.478. The van der Waals surface area contributed by atoms with Crippen molar-refractivity contribution >= 4 is 32.8 Å². The van der Waals surface area contributed by atoms with Crippen molar-refractivity contribution in [1.82, 2.24) is 9.88 Å². The summed E-state index contributed by atoms with van der Waals surface area (Å²) in [6.45, 7) is 4.25. The van der Waals surface area contributed by atoms with E-state index in [-0.39, 0.29) is 16.5 Å². The van der Waals surface area contributed by atoms with Crippen LogP contribution in [-0.2, 0) is 22.1 Å². The van der Waals surface area contributed by atoms with Crippen molar-refractivity contribution in [2.45, 2.75) is 36.1 Å². The first kappa shape index (κ1) is 22.2. The molecule has 5 nitrogen and oxygen atoms in total. The topological polar surface area (TPSA) is 59.5 Å². The molecule has 31 heavy (non-hydrogen) atoms. The van der Waals surface area contributed by atoms with E-state index in [1.807, 2.05) is 25.1 Å². The van der Waals surface area contributed by atoms with Crippen molar-refractivity contribution in [1.29, 1.82) is 0 Å². The summed E-state index contributed by atoms with van der Waals surface area (Å²) in [7, 11) is -3.92. The zero-order valence-corrected chi connectivity index (χ0v) is 19.3. The number of hydrogen-bond acceptors (Lipinski definition) is 6. The van der Waals surface area contributed by atoms with Gasteiger partial charge in [0.15, 0.2) is 9.84 Å². The van der Waals surface area contributed by atoms with E-state index in [4.69, 9.17) is 16.3 Å². The maximum Gasteiger partial charge on any atom is 0.187 e. The van der Waals surface area contributed by atoms with Crippen LogP contribution in [0.3, 0.4) is 0 Å². The highest BCUT2D eigenvalue weighted by molar-refractivity contribution is 7.90. The van der Waals surface area contributed by atoms with Gasteiger partial charge in [0.05, 0.1) is 22.0 Å². The lowest BCUT2D eigenvalue weighted by atomic mass is 10.1. The van der Waals surface area contributed by atoms with E-state index in [9.17, 15) is 12.8 Å². The van der Waals surface area contributed by atoms with Crippen molar-refractivity contribution in [2.24, 2.45) is 0 Å². The van der Waals surface area contributed by atoms with Crippen molar-refractivity contribution in [2.75, 3.05) is 13.1 Å². The fourth-order valence-electron chi connectivity index (χ4n) is 3.76. The number of aromatic nitrogens is 1. The van der Waals surface area contributed by atoms with Crippen LogP contribution < -0.4 is 4.74 Å². The lowest BCUT2D eigenvalue weighted by molar-refractivity contribution is 0.0946. The predicted molar refractivity (Wildman–Crippen MR) is 120 cm³/mol. The number of rotatable bonds is 7. The highest BCUT2D eigenvalue weighted by atomic mass is 35.5. The summed E-state index contributed by atoms with van der Waals surface area (Å²) in [5.41, 5.74) is 2.57. The average Bonchev–Trinajstić information content (AvgIpc) is 3.34. The first-order valence-corrected chi connectivity index (χ1v) is 12.8. The standard InChI is InChI=1S/C22H22ClFN2O3S2/c1-22(7-8-26(14-22)11-16-5-3-2-4-6-16)29-20-10-19(24)21(9-18(20)23)31(27,28)13-17-12-30-15-25-17/h2-6,9-10,12,15H,7-8,11,13-14H2,1H3/t22-/m0/s1. The Balaban J connectivity index is 1.48. The SMILES string of the molecule is C[C@]1(Oc2cc(F)c(S(=O)(=O)Cc3cscn3)cc2Cl)CCN(Cc2ccccc2)C1. The smallest absolute Gasteiger partial charge is 0.187 e. The van der Waals surface area contributed by atoms with E-state index in [1.54, 1.807) is 5.38 Å². The van der Waals surface area contributed by atoms with Gasteiger partial charge >= 0.3 is 0 Å². The normalized spacial score (nSPS) is 19.6. The van der Waals surface area contributed by atoms with E-state index in [0.717, 1.165) is 31.6 Å². The Morgan fingerprint density at radius 2 is 2.06 bits per heavy atom. The van der Waals surface area contributed by atoms with Crippen molar-refractivity contribution in [3.8, 4) is 5.75 Å². The van der Waals surface area contributed by atoms with E-state index >= 15 is 0 Å². The number of ether oxygens (including phenoxy) is 1. The molecule has 1 saturated heterocycles. The highest BCUT2D eigenvalue weighted by Crippen LogP contribution is 2.36. The lowest BCUT2D eigenvalue weighted by Gasteiger charge is -2.27. The van der Waals surface area contributed by atoms with Gasteiger partial charge in [-0.05, 0) is 18.6 Å². The Labute approximate surface area is 190 Å². The van der Waals surface area contributed by atoms with Crippen LogP contribution in [0.1, 0.15) is 24.6 Å². The van der Waals surface area contributed by atoms with Gasteiger partial charge in [0, 0.05) is 37.5 Å². The second-order valence-corrected chi connectivity index (χ2v) is 11.0. The number of halogens is 2. The Hall–Kier alpha value is -2.00. The van der Waals surface area contributed by atoms with Crippen molar-refractivity contribution in [3.05, 3.63) is 75.5 Å². The zero-order valence-electron chi connectivity index (χ0n) is 16.9. The number of benzene rings is 2. The van der Waals surface area contributed by atoms with E-state index in [0.29, 0.717) is 12.2 Å². The molecular weight excluding hydrogens is 459 g/mol. The summed E-state index contributed by atoms with van der Waals surface area (Å²) in [6.07, 6.45) is 0.752. The van der Waals surface area contributed by atoms with Gasteiger partial charge < -0.3 is 4.74 Å². The first-order chi connectivity index (χ1) is 14.7. The number of likely N-dealkylation sites (tertiary alicyclic amines) is 1. The van der Waals surface area contributed by atoms with Crippen molar-refractivity contribution < 1.29 is 17.5 Å². The first-order valence-electron chi connectivity index (χ1n) is 9.78. The summed E-state index contributed by atoms with van der Waals surface area (Å²) < 4.78 is 46.1. The molecule has 0 aliphatic carbocycles. The molecule has 0 N–H and O–H groups in total. The summed E-state index contributed by atoms with van der Waals surface area (Å²) >= 11 is 7.60. The molecule has 2 heterocycles. The summed E-state index contributed by atoms with van der Waals surface area (Å²) in [4.78, 5) is 5.79. The number of thiazole rings is 1. The van der Waals surface area contributed by atoms with Gasteiger partial charge in [-0.3, -0.25) is 4.90 Å². The molecule has 0 radical (unpaired) electrons. The Morgan fingerprint density at radius 3 is 2.77 bits per heavy atom. The fraction of sp³-hybridized carbons (Fsp3) is 0.318. The van der Waals surface area contributed by atoms with Crippen molar-refractivity contribution in [3.63, 3.8) is 0 Å².